The number of nitrogens with one attached hydrogen (secondary N) is 1. The molecule has 174 valence electrons. The zero-order chi connectivity index (χ0) is 24.0. The third-order valence-electron chi connectivity index (χ3n) is 5.39. The fourth-order valence-corrected chi connectivity index (χ4v) is 3.57. The molecule has 0 saturated heterocycles. The first kappa shape index (κ1) is 23.9. The van der Waals surface area contributed by atoms with Crippen LogP contribution in [0.4, 0.5) is 0 Å². The predicted octanol–water partition coefficient (Wildman–Crippen LogP) is 4.11. The molecule has 0 bridgehead atoms. The molecular formula is C26H30N2O5. The van der Waals surface area contributed by atoms with Crippen molar-refractivity contribution in [3.63, 3.8) is 0 Å². The van der Waals surface area contributed by atoms with Gasteiger partial charge in [-0.1, -0.05) is 50.2 Å². The van der Waals surface area contributed by atoms with Crippen LogP contribution in [-0.2, 0) is 13.7 Å². The van der Waals surface area contributed by atoms with E-state index in [1.165, 1.54) is 6.07 Å². The van der Waals surface area contributed by atoms with Crippen molar-refractivity contribution in [2.24, 2.45) is 13.0 Å². The van der Waals surface area contributed by atoms with Crippen LogP contribution in [0.2, 0.25) is 0 Å². The number of pyridine rings is 1. The molecule has 2 aromatic carbocycles. The highest BCUT2D eigenvalue weighted by Crippen LogP contribution is 2.32. The number of hydrogen-bond donors (Lipinski definition) is 1. The molecule has 0 radical (unpaired) electrons. The first-order chi connectivity index (χ1) is 15.8. The van der Waals surface area contributed by atoms with E-state index in [1.807, 2.05) is 62.4 Å². The van der Waals surface area contributed by atoms with Crippen molar-refractivity contribution >= 4 is 5.91 Å². The molecule has 0 aliphatic rings. The van der Waals surface area contributed by atoms with Crippen LogP contribution in [-0.4, -0.2) is 24.7 Å². The minimum atomic E-state index is -0.349. The van der Waals surface area contributed by atoms with Crippen molar-refractivity contribution < 1.29 is 19.0 Å². The summed E-state index contributed by atoms with van der Waals surface area (Å²) in [5.74, 6) is 1.14. The van der Waals surface area contributed by atoms with Gasteiger partial charge in [-0.2, -0.15) is 0 Å². The summed E-state index contributed by atoms with van der Waals surface area (Å²) in [4.78, 5) is 25.7. The summed E-state index contributed by atoms with van der Waals surface area (Å²) >= 11 is 0. The van der Waals surface area contributed by atoms with Gasteiger partial charge < -0.3 is 24.1 Å². The molecular weight excluding hydrogens is 420 g/mol. The highest BCUT2D eigenvalue weighted by atomic mass is 16.5. The maximum absolute atomic E-state index is 13.1. The number of rotatable bonds is 9. The number of methoxy groups -OCH3 is 2. The smallest absolute Gasteiger partial charge is 0.268 e. The highest BCUT2D eigenvalue weighted by molar-refractivity contribution is 5.93. The van der Waals surface area contributed by atoms with Crippen LogP contribution in [0, 0.1) is 5.92 Å². The SMILES string of the molecule is COc1ccc([C@@H](NC(=O)c2cc(=O)c(OCc3ccccc3)cn2C)C(C)C)cc1OC. The highest BCUT2D eigenvalue weighted by Gasteiger charge is 2.22. The number of amides is 1. The number of carbonyl (C=O) groups is 1. The number of aryl methyl sites for hydroxylation is 1. The lowest BCUT2D eigenvalue weighted by molar-refractivity contribution is 0.0916. The lowest BCUT2D eigenvalue weighted by Crippen LogP contribution is -2.34. The summed E-state index contributed by atoms with van der Waals surface area (Å²) in [6.07, 6.45) is 1.54. The summed E-state index contributed by atoms with van der Waals surface area (Å²) in [5.41, 5.74) is 1.74. The van der Waals surface area contributed by atoms with Gasteiger partial charge in [0.1, 0.15) is 12.3 Å². The van der Waals surface area contributed by atoms with E-state index < -0.39 is 0 Å². The number of ether oxygens (including phenoxy) is 3. The molecule has 0 spiro atoms. The second-order valence-electron chi connectivity index (χ2n) is 8.08. The molecule has 0 fully saturated rings. The Balaban J connectivity index is 1.80. The van der Waals surface area contributed by atoms with Crippen molar-refractivity contribution in [3.05, 3.63) is 87.8 Å². The van der Waals surface area contributed by atoms with Gasteiger partial charge in [-0.3, -0.25) is 9.59 Å². The third kappa shape index (κ3) is 5.74. The molecule has 1 N–H and O–H groups in total. The Kier molecular flexibility index (Phi) is 7.77. The molecule has 0 unspecified atom stereocenters. The Bertz CT molecular complexity index is 1160. The van der Waals surface area contributed by atoms with Crippen LogP contribution >= 0.6 is 0 Å². The van der Waals surface area contributed by atoms with Crippen LogP contribution in [0.3, 0.4) is 0 Å². The molecule has 3 aromatic rings. The number of aromatic nitrogens is 1. The van der Waals surface area contributed by atoms with E-state index in [-0.39, 0.29) is 41.3 Å². The van der Waals surface area contributed by atoms with Gasteiger partial charge in [-0.05, 0) is 29.2 Å². The minimum absolute atomic E-state index is 0.0950. The Labute approximate surface area is 193 Å². The quantitative estimate of drug-likeness (QED) is 0.531. The third-order valence-corrected chi connectivity index (χ3v) is 5.39. The van der Waals surface area contributed by atoms with E-state index >= 15 is 0 Å². The monoisotopic (exact) mass is 450 g/mol. The summed E-state index contributed by atoms with van der Waals surface area (Å²) in [6, 6.07) is 16.2. The van der Waals surface area contributed by atoms with Crippen LogP contribution in [0.15, 0.2) is 65.6 Å². The van der Waals surface area contributed by atoms with Crippen LogP contribution in [0.1, 0.15) is 41.5 Å². The van der Waals surface area contributed by atoms with Gasteiger partial charge in [0.25, 0.3) is 5.91 Å². The first-order valence-electron chi connectivity index (χ1n) is 10.7. The van der Waals surface area contributed by atoms with Crippen LogP contribution in [0.5, 0.6) is 17.2 Å². The number of nitrogens with zero attached hydrogens (tertiary/aromatic N) is 1. The standard InChI is InChI=1S/C26H30N2O5/c1-17(2)25(19-11-12-22(31-4)23(13-19)32-5)27-26(30)20-14-21(29)24(15-28(20)3)33-16-18-9-7-6-8-10-18/h6-15,17,25H,16H2,1-5H3,(H,27,30)/t25-/m0/s1. The number of hydrogen-bond acceptors (Lipinski definition) is 5. The van der Waals surface area contributed by atoms with Gasteiger partial charge in [0, 0.05) is 13.1 Å². The molecule has 7 nitrogen and oxygen atoms in total. The Hall–Kier alpha value is -3.74. The molecule has 0 aliphatic carbocycles. The van der Waals surface area contributed by atoms with E-state index in [1.54, 1.807) is 32.0 Å². The lowest BCUT2D eigenvalue weighted by atomic mass is 9.95. The Morgan fingerprint density at radius 3 is 2.30 bits per heavy atom. The van der Waals surface area contributed by atoms with Crippen molar-refractivity contribution in [1.82, 2.24) is 9.88 Å². The van der Waals surface area contributed by atoms with E-state index in [4.69, 9.17) is 14.2 Å². The molecule has 1 amide bonds. The van der Waals surface area contributed by atoms with Gasteiger partial charge in [0.2, 0.25) is 5.43 Å². The summed E-state index contributed by atoms with van der Waals surface area (Å²) < 4.78 is 18.0. The van der Waals surface area contributed by atoms with Crippen molar-refractivity contribution in [2.45, 2.75) is 26.5 Å². The van der Waals surface area contributed by atoms with Crippen molar-refractivity contribution in [2.75, 3.05) is 14.2 Å². The predicted molar refractivity (Wildman–Crippen MR) is 127 cm³/mol. The zero-order valence-corrected chi connectivity index (χ0v) is 19.6. The van der Waals surface area contributed by atoms with Gasteiger partial charge in [-0.15, -0.1) is 0 Å². The molecule has 0 saturated carbocycles. The van der Waals surface area contributed by atoms with E-state index in [0.29, 0.717) is 11.5 Å². The normalized spacial score (nSPS) is 11.7. The second-order valence-corrected chi connectivity index (χ2v) is 8.08. The molecule has 1 heterocycles. The fraction of sp³-hybridized carbons (Fsp3) is 0.308. The van der Waals surface area contributed by atoms with E-state index in [0.717, 1.165) is 11.1 Å². The molecule has 0 aliphatic heterocycles. The lowest BCUT2D eigenvalue weighted by Gasteiger charge is -2.24. The van der Waals surface area contributed by atoms with E-state index in [9.17, 15) is 9.59 Å². The summed E-state index contributed by atoms with van der Waals surface area (Å²) in [5, 5.41) is 3.05. The average molecular weight is 451 g/mol. The summed E-state index contributed by atoms with van der Waals surface area (Å²) in [7, 11) is 4.86. The Morgan fingerprint density at radius 1 is 0.970 bits per heavy atom. The fourth-order valence-electron chi connectivity index (χ4n) is 3.57. The maximum atomic E-state index is 13.1. The van der Waals surface area contributed by atoms with Gasteiger partial charge in [0.15, 0.2) is 17.2 Å². The zero-order valence-electron chi connectivity index (χ0n) is 19.6. The number of benzene rings is 2. The minimum Gasteiger partial charge on any atom is -0.493 e. The topological polar surface area (TPSA) is 78.8 Å². The van der Waals surface area contributed by atoms with Gasteiger partial charge in [0.05, 0.1) is 26.5 Å². The van der Waals surface area contributed by atoms with Crippen LogP contribution in [0.25, 0.3) is 0 Å². The molecule has 1 atom stereocenters. The molecule has 7 heteroatoms. The molecule has 33 heavy (non-hydrogen) atoms. The van der Waals surface area contributed by atoms with Crippen molar-refractivity contribution in [3.8, 4) is 17.2 Å². The first-order valence-corrected chi connectivity index (χ1v) is 10.7. The second kappa shape index (κ2) is 10.7. The molecule has 1 aromatic heterocycles. The number of carbonyl (C=O) groups excluding carboxylic acids is 1. The summed E-state index contributed by atoms with van der Waals surface area (Å²) in [6.45, 7) is 4.30. The maximum Gasteiger partial charge on any atom is 0.268 e. The van der Waals surface area contributed by atoms with Crippen molar-refractivity contribution in [1.29, 1.82) is 0 Å². The Morgan fingerprint density at radius 2 is 1.67 bits per heavy atom. The molecule has 3 rings (SSSR count). The van der Waals surface area contributed by atoms with Gasteiger partial charge in [-0.25, -0.2) is 0 Å². The van der Waals surface area contributed by atoms with Gasteiger partial charge >= 0.3 is 0 Å². The average Bonchev–Trinajstić information content (AvgIpc) is 2.82. The van der Waals surface area contributed by atoms with Crippen LogP contribution < -0.4 is 25.0 Å². The largest absolute Gasteiger partial charge is 0.493 e. The van der Waals surface area contributed by atoms with E-state index in [2.05, 4.69) is 5.32 Å².